The molecule has 0 aliphatic rings. The number of rotatable bonds is 4. The van der Waals surface area contributed by atoms with Crippen LogP contribution in [0.5, 0.6) is 5.75 Å². The van der Waals surface area contributed by atoms with Gasteiger partial charge in [0.05, 0.1) is 7.11 Å². The van der Waals surface area contributed by atoms with Crippen molar-refractivity contribution in [1.29, 1.82) is 0 Å². The number of nitrogens with one attached hydrogen (secondary N) is 1. The fourth-order valence-electron chi connectivity index (χ4n) is 2.66. The van der Waals surface area contributed by atoms with Gasteiger partial charge < -0.3 is 10.1 Å². The number of para-hydroxylation sites is 1. The van der Waals surface area contributed by atoms with E-state index in [0.29, 0.717) is 0 Å². The Bertz CT molecular complexity index is 812. The lowest BCUT2D eigenvalue weighted by Gasteiger charge is -2.13. The van der Waals surface area contributed by atoms with E-state index in [9.17, 15) is 0 Å². The van der Waals surface area contributed by atoms with Crippen LogP contribution in [-0.2, 0) is 6.54 Å². The topological polar surface area (TPSA) is 34.1 Å². The van der Waals surface area contributed by atoms with Gasteiger partial charge in [-0.15, -0.1) is 0 Å². The van der Waals surface area contributed by atoms with Gasteiger partial charge in [0.15, 0.2) is 0 Å². The zero-order valence-corrected chi connectivity index (χ0v) is 13.2. The molecule has 1 N–H and O–H groups in total. The van der Waals surface area contributed by atoms with Crippen molar-refractivity contribution in [1.82, 2.24) is 4.98 Å². The molecule has 0 bridgehead atoms. The molecule has 0 aliphatic heterocycles. The highest BCUT2D eigenvalue weighted by atomic mass is 16.5. The third-order valence-electron chi connectivity index (χ3n) is 3.88. The average Bonchev–Trinajstić information content (AvgIpc) is 2.53. The van der Waals surface area contributed by atoms with E-state index in [1.807, 2.05) is 19.1 Å². The number of nitrogens with zero attached hydrogens (tertiary/aromatic N) is 1. The first-order valence-electron chi connectivity index (χ1n) is 7.42. The van der Waals surface area contributed by atoms with Crippen molar-refractivity contribution in [2.75, 3.05) is 12.4 Å². The Morgan fingerprint density at radius 3 is 2.64 bits per heavy atom. The van der Waals surface area contributed by atoms with E-state index in [0.717, 1.165) is 34.6 Å². The van der Waals surface area contributed by atoms with E-state index < -0.39 is 0 Å². The molecule has 0 amide bonds. The molecule has 0 spiro atoms. The second-order valence-electron chi connectivity index (χ2n) is 5.45. The minimum Gasteiger partial charge on any atom is -0.494 e. The maximum absolute atomic E-state index is 5.43. The number of ether oxygens (including phenoxy) is 1. The molecule has 0 saturated carbocycles. The van der Waals surface area contributed by atoms with Crippen molar-refractivity contribution in [3.63, 3.8) is 0 Å². The zero-order chi connectivity index (χ0) is 15.5. The maximum atomic E-state index is 5.43. The van der Waals surface area contributed by atoms with Crippen molar-refractivity contribution >= 4 is 16.6 Å². The number of methoxy groups -OCH3 is 1. The Morgan fingerprint density at radius 1 is 1.05 bits per heavy atom. The van der Waals surface area contributed by atoms with Gasteiger partial charge in [-0.05, 0) is 37.1 Å². The summed E-state index contributed by atoms with van der Waals surface area (Å²) in [4.78, 5) is 4.61. The minimum absolute atomic E-state index is 0.794. The van der Waals surface area contributed by atoms with Crippen LogP contribution in [0.4, 0.5) is 5.69 Å². The van der Waals surface area contributed by atoms with Crippen LogP contribution in [0.3, 0.4) is 0 Å². The summed E-state index contributed by atoms with van der Waals surface area (Å²) < 4.78 is 5.43. The van der Waals surface area contributed by atoms with Crippen molar-refractivity contribution in [3.05, 3.63) is 65.4 Å². The van der Waals surface area contributed by atoms with E-state index in [4.69, 9.17) is 4.74 Å². The Kier molecular flexibility index (Phi) is 3.96. The Morgan fingerprint density at radius 2 is 1.86 bits per heavy atom. The smallest absolute Gasteiger partial charge is 0.145 e. The molecule has 3 aromatic rings. The summed E-state index contributed by atoms with van der Waals surface area (Å²) in [7, 11) is 1.68. The van der Waals surface area contributed by atoms with Gasteiger partial charge in [-0.3, -0.25) is 0 Å². The van der Waals surface area contributed by atoms with Crippen LogP contribution in [-0.4, -0.2) is 12.1 Å². The number of fused-ring (bicyclic) bond motifs is 1. The minimum atomic E-state index is 0.794. The predicted molar refractivity (Wildman–Crippen MR) is 91.5 cm³/mol. The average molecular weight is 292 g/mol. The Labute approximate surface area is 131 Å². The van der Waals surface area contributed by atoms with E-state index in [-0.39, 0.29) is 0 Å². The lowest BCUT2D eigenvalue weighted by atomic mass is 10.1. The van der Waals surface area contributed by atoms with Gasteiger partial charge in [-0.2, -0.15) is 0 Å². The lowest BCUT2D eigenvalue weighted by Crippen LogP contribution is -2.03. The number of aromatic nitrogens is 1. The van der Waals surface area contributed by atoms with Crippen LogP contribution in [0.15, 0.2) is 48.5 Å². The first-order valence-corrected chi connectivity index (χ1v) is 7.42. The molecule has 112 valence electrons. The third kappa shape index (κ3) is 2.75. The van der Waals surface area contributed by atoms with Crippen LogP contribution in [0, 0.1) is 13.8 Å². The summed E-state index contributed by atoms with van der Waals surface area (Å²) in [5.74, 6) is 0.806. The number of hydrogen-bond acceptors (Lipinski definition) is 3. The van der Waals surface area contributed by atoms with Gasteiger partial charge in [-0.1, -0.05) is 36.4 Å². The number of aryl methyl sites for hydroxylation is 2. The molecule has 0 unspecified atom stereocenters. The third-order valence-corrected chi connectivity index (χ3v) is 3.88. The van der Waals surface area contributed by atoms with E-state index in [1.165, 1.54) is 11.1 Å². The van der Waals surface area contributed by atoms with Gasteiger partial charge in [0.25, 0.3) is 0 Å². The number of pyridine rings is 1. The van der Waals surface area contributed by atoms with Gasteiger partial charge in [0.2, 0.25) is 0 Å². The van der Waals surface area contributed by atoms with Gasteiger partial charge in [-0.25, -0.2) is 4.98 Å². The first kappa shape index (κ1) is 14.4. The molecule has 3 rings (SSSR count). The number of anilines is 1. The fourth-order valence-corrected chi connectivity index (χ4v) is 2.66. The van der Waals surface area contributed by atoms with Gasteiger partial charge in [0.1, 0.15) is 11.3 Å². The molecule has 1 aromatic heterocycles. The molecule has 22 heavy (non-hydrogen) atoms. The molecule has 0 fully saturated rings. The van der Waals surface area contributed by atoms with Gasteiger partial charge in [0, 0.05) is 23.3 Å². The molecule has 0 aliphatic carbocycles. The van der Waals surface area contributed by atoms with E-state index in [1.54, 1.807) is 7.11 Å². The van der Waals surface area contributed by atoms with Crippen molar-refractivity contribution in [3.8, 4) is 5.75 Å². The summed E-state index contributed by atoms with van der Waals surface area (Å²) in [6, 6.07) is 16.5. The van der Waals surface area contributed by atoms with Crippen molar-refractivity contribution < 1.29 is 4.74 Å². The Balaban J connectivity index is 1.98. The van der Waals surface area contributed by atoms with E-state index in [2.05, 4.69) is 53.6 Å². The second-order valence-corrected chi connectivity index (χ2v) is 5.45. The van der Waals surface area contributed by atoms with Crippen molar-refractivity contribution in [2.24, 2.45) is 0 Å². The summed E-state index contributed by atoms with van der Waals surface area (Å²) >= 11 is 0. The summed E-state index contributed by atoms with van der Waals surface area (Å²) in [6.45, 7) is 4.93. The monoisotopic (exact) mass is 292 g/mol. The molecule has 3 nitrogen and oxygen atoms in total. The second kappa shape index (κ2) is 6.06. The maximum Gasteiger partial charge on any atom is 0.145 e. The van der Waals surface area contributed by atoms with Crippen LogP contribution in [0.2, 0.25) is 0 Å². The lowest BCUT2D eigenvalue weighted by molar-refractivity contribution is 0.419. The van der Waals surface area contributed by atoms with Crippen molar-refractivity contribution in [2.45, 2.75) is 20.4 Å². The molecule has 0 saturated heterocycles. The largest absolute Gasteiger partial charge is 0.494 e. The summed E-state index contributed by atoms with van der Waals surface area (Å²) in [6.07, 6.45) is 0. The molecule has 3 heteroatoms. The number of benzene rings is 2. The molecular weight excluding hydrogens is 272 g/mol. The fraction of sp³-hybridized carbons (Fsp3) is 0.211. The predicted octanol–water partition coefficient (Wildman–Crippen LogP) is 4.47. The molecule has 1 heterocycles. The zero-order valence-electron chi connectivity index (χ0n) is 13.2. The van der Waals surface area contributed by atoms with Crippen LogP contribution in [0.1, 0.15) is 16.8 Å². The highest BCUT2D eigenvalue weighted by molar-refractivity contribution is 5.95. The molecule has 0 radical (unpaired) electrons. The molecular formula is C19H20N2O. The highest BCUT2D eigenvalue weighted by Crippen LogP contribution is 2.30. The van der Waals surface area contributed by atoms with Crippen LogP contribution in [0.25, 0.3) is 10.9 Å². The van der Waals surface area contributed by atoms with Crippen LogP contribution < -0.4 is 10.1 Å². The van der Waals surface area contributed by atoms with E-state index >= 15 is 0 Å². The van der Waals surface area contributed by atoms with Gasteiger partial charge >= 0.3 is 0 Å². The molecule has 2 aromatic carbocycles. The summed E-state index contributed by atoms with van der Waals surface area (Å²) in [5.41, 5.74) is 5.56. The quantitative estimate of drug-likeness (QED) is 0.770. The normalized spacial score (nSPS) is 10.7. The standard InChI is InChI=1S/C19H20N2O/c1-13-7-4-5-8-15(13)12-20-17-11-14(2)21-19-16(17)9-6-10-18(19)22-3/h4-11H,12H2,1-3H3,(H,20,21). The summed E-state index contributed by atoms with van der Waals surface area (Å²) in [5, 5.41) is 4.62. The first-order chi connectivity index (χ1) is 10.7. The Hall–Kier alpha value is -2.55. The number of hydrogen-bond donors (Lipinski definition) is 1. The molecule has 0 atom stereocenters. The van der Waals surface area contributed by atoms with Crippen LogP contribution >= 0.6 is 0 Å². The highest BCUT2D eigenvalue weighted by Gasteiger charge is 2.08. The SMILES string of the molecule is COc1cccc2c(NCc3ccccc3C)cc(C)nc12.